The van der Waals surface area contributed by atoms with Crippen LogP contribution in [-0.2, 0) is 0 Å². The summed E-state index contributed by atoms with van der Waals surface area (Å²) >= 11 is 0. The highest BCUT2D eigenvalue weighted by Crippen LogP contribution is 2.53. The lowest BCUT2D eigenvalue weighted by Crippen LogP contribution is -2.29. The molecule has 0 N–H and O–H groups in total. The summed E-state index contributed by atoms with van der Waals surface area (Å²) < 4.78 is 0. The summed E-state index contributed by atoms with van der Waals surface area (Å²) in [5.74, 6) is 0.830. The van der Waals surface area contributed by atoms with Crippen LogP contribution in [0.3, 0.4) is 0 Å². The van der Waals surface area contributed by atoms with Crippen LogP contribution in [0.15, 0.2) is 127 Å². The molecule has 2 unspecified atom stereocenters. The molecule has 0 heterocycles. The molecule has 5 aromatic rings. The molecular formula is C48H49N. The molecule has 49 heavy (non-hydrogen) atoms. The first kappa shape index (κ1) is 32.7. The molecule has 246 valence electrons. The Kier molecular flexibility index (Phi) is 8.80. The zero-order chi connectivity index (χ0) is 34.4. The van der Waals surface area contributed by atoms with E-state index in [2.05, 4.69) is 182 Å². The maximum atomic E-state index is 2.53. The van der Waals surface area contributed by atoms with Crippen LogP contribution >= 0.6 is 0 Å². The highest BCUT2D eigenvalue weighted by Gasteiger charge is 2.38. The monoisotopic (exact) mass is 639 g/mol. The topological polar surface area (TPSA) is 3.24 Å². The van der Waals surface area contributed by atoms with Crippen molar-refractivity contribution in [3.63, 3.8) is 0 Å². The number of hydrogen-bond donors (Lipinski definition) is 0. The number of benzene rings is 5. The van der Waals surface area contributed by atoms with Gasteiger partial charge in [0.25, 0.3) is 0 Å². The molecular weight excluding hydrogens is 591 g/mol. The molecule has 0 amide bonds. The average Bonchev–Trinajstić information content (AvgIpc) is 3.10. The molecule has 0 bridgehead atoms. The Morgan fingerprint density at radius 3 is 1.57 bits per heavy atom. The second kappa shape index (κ2) is 13.2. The molecule has 2 aliphatic carbocycles. The van der Waals surface area contributed by atoms with E-state index in [0.717, 1.165) is 6.42 Å². The van der Waals surface area contributed by atoms with E-state index < -0.39 is 0 Å². The summed E-state index contributed by atoms with van der Waals surface area (Å²) in [6, 6.07) is 37.3. The molecule has 0 saturated carbocycles. The largest absolute Gasteiger partial charge is 0.310 e. The van der Waals surface area contributed by atoms with E-state index in [9.17, 15) is 0 Å². The van der Waals surface area contributed by atoms with Crippen LogP contribution in [0.25, 0.3) is 5.70 Å². The predicted octanol–water partition coefficient (Wildman–Crippen LogP) is 12.8. The lowest BCUT2D eigenvalue weighted by molar-refractivity contribution is 0.496. The van der Waals surface area contributed by atoms with Crippen molar-refractivity contribution in [2.45, 2.75) is 73.6 Å². The lowest BCUT2D eigenvalue weighted by Gasteiger charge is -2.42. The van der Waals surface area contributed by atoms with Gasteiger partial charge in [0.2, 0.25) is 0 Å². The van der Waals surface area contributed by atoms with Gasteiger partial charge in [-0.05, 0) is 159 Å². The van der Waals surface area contributed by atoms with Crippen molar-refractivity contribution in [2.24, 2.45) is 5.92 Å². The quantitative estimate of drug-likeness (QED) is 0.171. The van der Waals surface area contributed by atoms with E-state index in [1.807, 2.05) is 0 Å². The Balaban J connectivity index is 1.43. The van der Waals surface area contributed by atoms with Gasteiger partial charge in [0.1, 0.15) is 0 Å². The lowest BCUT2D eigenvalue weighted by atomic mass is 9.67. The van der Waals surface area contributed by atoms with Gasteiger partial charge in [0, 0.05) is 28.8 Å². The second-order valence-electron chi connectivity index (χ2n) is 14.6. The minimum absolute atomic E-state index is 0.246. The highest BCUT2D eigenvalue weighted by atomic mass is 15.2. The summed E-state index contributed by atoms with van der Waals surface area (Å²) in [5.41, 5.74) is 21.3. The van der Waals surface area contributed by atoms with Gasteiger partial charge >= 0.3 is 0 Å². The van der Waals surface area contributed by atoms with E-state index in [1.54, 1.807) is 0 Å². The first-order valence-electron chi connectivity index (χ1n) is 17.9. The van der Waals surface area contributed by atoms with Gasteiger partial charge in [-0.15, -0.1) is 0 Å². The van der Waals surface area contributed by atoms with Gasteiger partial charge in [0.15, 0.2) is 0 Å². The van der Waals surface area contributed by atoms with Crippen LogP contribution in [0.1, 0.15) is 85.0 Å². The third kappa shape index (κ3) is 6.12. The standard InChI is InChI=1S/C48H49N/c1-30-17-21-38(25-34(30)5)46(39-22-18-31(2)35(6)26-39)29-47-42-13-9-11-15-44(42)48(45-16-12-10-14-43(45)47)49(40-23-19-32(3)36(7)27-40)41-24-20-33(4)37(8)28-41/h9-28,42,46-47H,29H2,1-8H3. The fraction of sp³-hybridized carbons (Fsp3) is 0.250. The molecule has 2 atom stereocenters. The minimum Gasteiger partial charge on any atom is -0.310 e. The van der Waals surface area contributed by atoms with Crippen molar-refractivity contribution in [1.29, 1.82) is 0 Å². The van der Waals surface area contributed by atoms with E-state index in [-0.39, 0.29) is 11.8 Å². The Bertz CT molecular complexity index is 2050. The Labute approximate surface area is 294 Å². The van der Waals surface area contributed by atoms with E-state index >= 15 is 0 Å². The molecule has 0 saturated heterocycles. The molecule has 0 aliphatic heterocycles. The molecule has 0 spiro atoms. The molecule has 1 nitrogen and oxygen atoms in total. The molecule has 0 radical (unpaired) electrons. The van der Waals surface area contributed by atoms with Crippen LogP contribution in [-0.4, -0.2) is 0 Å². The number of allylic oxidation sites excluding steroid dienone is 5. The minimum atomic E-state index is 0.246. The van der Waals surface area contributed by atoms with Gasteiger partial charge in [0.05, 0.1) is 5.70 Å². The summed E-state index contributed by atoms with van der Waals surface area (Å²) in [5, 5.41) is 0. The maximum absolute atomic E-state index is 2.53. The number of fused-ring (bicyclic) bond motifs is 2. The summed E-state index contributed by atoms with van der Waals surface area (Å²) in [4.78, 5) is 2.53. The van der Waals surface area contributed by atoms with Crippen molar-refractivity contribution < 1.29 is 0 Å². The molecule has 1 heteroatoms. The molecule has 2 aliphatic rings. The van der Waals surface area contributed by atoms with Crippen molar-refractivity contribution in [2.75, 3.05) is 4.90 Å². The summed E-state index contributed by atoms with van der Waals surface area (Å²) in [6.07, 6.45) is 10.4. The maximum Gasteiger partial charge on any atom is 0.0575 e. The van der Waals surface area contributed by atoms with Crippen molar-refractivity contribution >= 4 is 17.1 Å². The number of nitrogens with zero attached hydrogens (tertiary/aromatic N) is 1. The van der Waals surface area contributed by atoms with Crippen LogP contribution in [0.2, 0.25) is 0 Å². The van der Waals surface area contributed by atoms with Crippen LogP contribution in [0.5, 0.6) is 0 Å². The summed E-state index contributed by atoms with van der Waals surface area (Å²) in [7, 11) is 0. The highest BCUT2D eigenvalue weighted by molar-refractivity contribution is 5.93. The van der Waals surface area contributed by atoms with E-state index in [1.165, 1.54) is 89.4 Å². The van der Waals surface area contributed by atoms with Crippen molar-refractivity contribution in [3.8, 4) is 0 Å². The smallest absolute Gasteiger partial charge is 0.0575 e. The van der Waals surface area contributed by atoms with Crippen LogP contribution in [0, 0.1) is 61.3 Å². The Morgan fingerprint density at radius 1 is 0.531 bits per heavy atom. The number of rotatable bonds is 7. The first-order chi connectivity index (χ1) is 23.6. The van der Waals surface area contributed by atoms with Crippen LogP contribution in [0.4, 0.5) is 11.4 Å². The third-order valence-electron chi connectivity index (χ3n) is 11.5. The molecule has 5 aromatic carbocycles. The van der Waals surface area contributed by atoms with E-state index in [4.69, 9.17) is 0 Å². The fourth-order valence-corrected chi connectivity index (χ4v) is 7.87. The fourth-order valence-electron chi connectivity index (χ4n) is 7.87. The summed E-state index contributed by atoms with van der Waals surface area (Å²) in [6.45, 7) is 17.8. The second-order valence-corrected chi connectivity index (χ2v) is 14.6. The SMILES string of the molecule is Cc1ccc(C(CC2c3ccccc3C(N(c3ccc(C)c(C)c3)c3ccc(C)c(C)c3)=C3C=CC=CC32)c2ccc(C)c(C)c2)cc1C. The zero-order valence-electron chi connectivity index (χ0n) is 30.4. The number of aryl methyl sites for hydroxylation is 8. The van der Waals surface area contributed by atoms with Crippen molar-refractivity contribution in [3.05, 3.63) is 194 Å². The van der Waals surface area contributed by atoms with Crippen LogP contribution < -0.4 is 4.90 Å². The van der Waals surface area contributed by atoms with E-state index in [0.29, 0.717) is 5.92 Å². The number of hydrogen-bond acceptors (Lipinski definition) is 1. The van der Waals surface area contributed by atoms with Gasteiger partial charge in [-0.25, -0.2) is 0 Å². The molecule has 7 rings (SSSR count). The van der Waals surface area contributed by atoms with Crippen molar-refractivity contribution in [1.82, 2.24) is 0 Å². The molecule has 0 aromatic heterocycles. The average molecular weight is 640 g/mol. The van der Waals surface area contributed by atoms with Gasteiger partial charge in [-0.3, -0.25) is 0 Å². The predicted molar refractivity (Wildman–Crippen MR) is 210 cm³/mol. The Morgan fingerprint density at radius 2 is 1.04 bits per heavy atom. The third-order valence-corrected chi connectivity index (χ3v) is 11.5. The number of anilines is 2. The Hall–Kier alpha value is -4.88. The first-order valence-corrected chi connectivity index (χ1v) is 17.9. The van der Waals surface area contributed by atoms with Gasteiger partial charge < -0.3 is 4.90 Å². The van der Waals surface area contributed by atoms with Gasteiger partial charge in [-0.1, -0.05) is 97.1 Å². The zero-order valence-corrected chi connectivity index (χ0v) is 30.4. The normalized spacial score (nSPS) is 16.6. The molecule has 0 fully saturated rings. The van der Waals surface area contributed by atoms with Gasteiger partial charge in [-0.2, -0.15) is 0 Å².